The zero-order valence-electron chi connectivity index (χ0n) is 40.3. The van der Waals surface area contributed by atoms with Crippen molar-refractivity contribution in [2.75, 3.05) is 49.6 Å². The minimum Gasteiger partial charge on any atom is -0.478 e. The van der Waals surface area contributed by atoms with Crippen LogP contribution in [0.5, 0.6) is 0 Å². The van der Waals surface area contributed by atoms with E-state index in [1.807, 2.05) is 59.3 Å². The molecule has 11 aromatic rings. The number of benzene rings is 7. The topological polar surface area (TPSA) is 218 Å². The highest BCUT2D eigenvalue weighted by atomic mass is 16.4. The number of rotatable bonds is 9. The monoisotopic (exact) mass is 998 g/mol. The maximum absolute atomic E-state index is 11.2. The molecule has 6 heterocycles. The number of carbonyl (C=O) groups is 3. The van der Waals surface area contributed by atoms with Gasteiger partial charge in [0.25, 0.3) is 0 Å². The van der Waals surface area contributed by atoms with Gasteiger partial charge in [-0.2, -0.15) is 0 Å². The number of hydrogen-bond acceptors (Lipinski definition) is 13. The molecule has 0 bridgehead atoms. The number of nitrogens with zero attached hydrogens (tertiary/aromatic N) is 8. The molecular formula is C58H46N8O9. The van der Waals surface area contributed by atoms with Crippen molar-refractivity contribution in [2.24, 2.45) is 0 Å². The van der Waals surface area contributed by atoms with Gasteiger partial charge >= 0.3 is 17.9 Å². The van der Waals surface area contributed by atoms with Gasteiger partial charge in [-0.05, 0) is 116 Å². The van der Waals surface area contributed by atoms with E-state index >= 15 is 0 Å². The van der Waals surface area contributed by atoms with E-state index in [1.165, 1.54) is 17.3 Å². The fourth-order valence-corrected chi connectivity index (χ4v) is 9.07. The van der Waals surface area contributed by atoms with Gasteiger partial charge in [-0.25, -0.2) is 34.3 Å². The molecule has 4 aromatic heterocycles. The number of hydrogen-bond donors (Lipinski definition) is 3. The van der Waals surface area contributed by atoms with Crippen LogP contribution in [0.4, 0.5) is 17.1 Å². The van der Waals surface area contributed by atoms with E-state index in [2.05, 4.69) is 72.0 Å². The van der Waals surface area contributed by atoms with Gasteiger partial charge in [0, 0.05) is 97.1 Å². The zero-order chi connectivity index (χ0) is 51.6. The lowest BCUT2D eigenvalue weighted by molar-refractivity contribution is 0.0686. The molecule has 2 aliphatic heterocycles. The molecule has 2 aliphatic rings. The molecule has 3 N–H and O–H groups in total. The van der Waals surface area contributed by atoms with E-state index in [1.54, 1.807) is 79.3 Å². The first-order chi connectivity index (χ1) is 36.5. The number of likely N-dealkylation sites (N-methyl/N-ethyl adjacent to an activating group) is 1. The van der Waals surface area contributed by atoms with Crippen LogP contribution >= 0.6 is 0 Å². The molecule has 0 aliphatic carbocycles. The smallest absolute Gasteiger partial charge is 0.335 e. The number of imidazole rings is 1. The summed E-state index contributed by atoms with van der Waals surface area (Å²) in [5, 5.41) is 27.4. The fourth-order valence-electron chi connectivity index (χ4n) is 9.07. The Morgan fingerprint density at radius 3 is 1.45 bits per heavy atom. The molecule has 7 aromatic carbocycles. The first-order valence-electron chi connectivity index (χ1n) is 24.0. The number of anilines is 3. The summed E-state index contributed by atoms with van der Waals surface area (Å²) in [4.78, 5) is 57.8. The third kappa shape index (κ3) is 10.2. The fraction of sp³-hybridized carbons (Fsp3) is 0.121. The van der Waals surface area contributed by atoms with Crippen molar-refractivity contribution in [3.63, 3.8) is 0 Å². The number of oxazole rings is 3. The van der Waals surface area contributed by atoms with Crippen LogP contribution < -0.4 is 9.80 Å². The molecule has 75 heavy (non-hydrogen) atoms. The highest BCUT2D eigenvalue weighted by Crippen LogP contribution is 2.37. The molecule has 1 saturated heterocycles. The Kier molecular flexibility index (Phi) is 12.9. The quantitative estimate of drug-likeness (QED) is 0.122. The molecule has 13 rings (SSSR count). The van der Waals surface area contributed by atoms with Crippen molar-refractivity contribution in [2.45, 2.75) is 6.42 Å². The summed E-state index contributed by atoms with van der Waals surface area (Å²) in [6.45, 7) is 5.00. The lowest BCUT2D eigenvalue weighted by Crippen LogP contribution is -2.44. The minimum absolute atomic E-state index is 0.198. The van der Waals surface area contributed by atoms with Crippen LogP contribution in [0.2, 0.25) is 0 Å². The van der Waals surface area contributed by atoms with Gasteiger partial charge in [-0.3, -0.25) is 0 Å². The second-order valence-corrected chi connectivity index (χ2v) is 18.0. The van der Waals surface area contributed by atoms with E-state index in [4.69, 9.17) is 23.5 Å². The molecule has 0 saturated carbocycles. The predicted octanol–water partition coefficient (Wildman–Crippen LogP) is 11.2. The normalized spacial score (nSPS) is 13.3. The average Bonchev–Trinajstić information content (AvgIpc) is 4.32. The Hall–Kier alpha value is -9.87. The minimum atomic E-state index is -0.981. The van der Waals surface area contributed by atoms with Gasteiger partial charge in [0.05, 0.1) is 28.7 Å². The van der Waals surface area contributed by atoms with Crippen molar-refractivity contribution >= 4 is 68.3 Å². The lowest BCUT2D eigenvalue weighted by Gasteiger charge is -2.33. The summed E-state index contributed by atoms with van der Waals surface area (Å²) < 4.78 is 19.5. The Morgan fingerprint density at radius 1 is 0.493 bits per heavy atom. The number of aromatic carboxylic acids is 3. The third-order valence-corrected chi connectivity index (χ3v) is 13.1. The second-order valence-electron chi connectivity index (χ2n) is 18.0. The Labute approximate surface area is 427 Å². The van der Waals surface area contributed by atoms with Gasteiger partial charge in [0.2, 0.25) is 17.7 Å². The number of fused-ring (bicyclic) bond motifs is 4. The van der Waals surface area contributed by atoms with E-state index in [0.29, 0.717) is 56.6 Å². The van der Waals surface area contributed by atoms with Crippen molar-refractivity contribution in [3.8, 4) is 40.0 Å². The van der Waals surface area contributed by atoms with Crippen LogP contribution in [0, 0.1) is 0 Å². The number of piperazine rings is 1. The number of aromatic nitrogens is 5. The Balaban J connectivity index is 0.000000121. The molecule has 0 unspecified atom stereocenters. The van der Waals surface area contributed by atoms with Gasteiger partial charge in [-0.15, -0.1) is 0 Å². The maximum atomic E-state index is 11.2. The number of carboxylic acids is 3. The molecule has 0 atom stereocenters. The zero-order valence-corrected chi connectivity index (χ0v) is 40.3. The van der Waals surface area contributed by atoms with E-state index in [-0.39, 0.29) is 16.7 Å². The van der Waals surface area contributed by atoms with Crippen LogP contribution in [0.1, 0.15) is 36.6 Å². The Morgan fingerprint density at radius 2 is 0.960 bits per heavy atom. The Bertz CT molecular complexity index is 3910. The van der Waals surface area contributed by atoms with Crippen molar-refractivity contribution < 1.29 is 43.0 Å². The van der Waals surface area contributed by atoms with Crippen molar-refractivity contribution in [1.82, 2.24) is 29.4 Å². The van der Waals surface area contributed by atoms with E-state index in [9.17, 15) is 19.5 Å². The lowest BCUT2D eigenvalue weighted by atomic mass is 10.1. The largest absolute Gasteiger partial charge is 0.478 e. The second kappa shape index (κ2) is 20.3. The first kappa shape index (κ1) is 47.5. The molecule has 17 nitrogen and oxygen atoms in total. The highest BCUT2D eigenvalue weighted by Gasteiger charge is 2.22. The first-order valence-corrected chi connectivity index (χ1v) is 24.0. The molecule has 1 fully saturated rings. The molecule has 17 heteroatoms. The summed E-state index contributed by atoms with van der Waals surface area (Å²) in [6.07, 6.45) is 6.27. The third-order valence-electron chi connectivity index (χ3n) is 13.1. The van der Waals surface area contributed by atoms with Crippen LogP contribution in [0.3, 0.4) is 0 Å². The summed E-state index contributed by atoms with van der Waals surface area (Å²) in [7, 11) is 2.13. The highest BCUT2D eigenvalue weighted by molar-refractivity contribution is 5.91. The van der Waals surface area contributed by atoms with Gasteiger partial charge in [-0.1, -0.05) is 36.4 Å². The molecule has 0 radical (unpaired) electrons. The van der Waals surface area contributed by atoms with E-state index < -0.39 is 17.9 Å². The number of para-hydroxylation sites is 1. The number of carboxylic acid groups (broad SMARTS) is 3. The van der Waals surface area contributed by atoms with Crippen LogP contribution in [0.15, 0.2) is 184 Å². The van der Waals surface area contributed by atoms with E-state index in [0.717, 1.165) is 67.2 Å². The predicted molar refractivity (Wildman–Crippen MR) is 283 cm³/mol. The summed E-state index contributed by atoms with van der Waals surface area (Å²) in [6, 6.07) is 45.9. The van der Waals surface area contributed by atoms with Gasteiger partial charge < -0.3 is 47.8 Å². The van der Waals surface area contributed by atoms with Gasteiger partial charge in [0.1, 0.15) is 16.6 Å². The summed E-state index contributed by atoms with van der Waals surface area (Å²) in [5.74, 6) is -1.66. The van der Waals surface area contributed by atoms with Crippen LogP contribution in [0.25, 0.3) is 73.3 Å². The van der Waals surface area contributed by atoms with Crippen molar-refractivity contribution in [1.29, 1.82) is 0 Å². The van der Waals surface area contributed by atoms with Crippen LogP contribution in [-0.2, 0) is 6.42 Å². The molecule has 0 spiro atoms. The average molecular weight is 999 g/mol. The van der Waals surface area contributed by atoms with Crippen molar-refractivity contribution in [3.05, 3.63) is 193 Å². The van der Waals surface area contributed by atoms with Crippen LogP contribution in [-0.4, -0.2) is 102 Å². The summed E-state index contributed by atoms with van der Waals surface area (Å²) >= 11 is 0. The van der Waals surface area contributed by atoms with Gasteiger partial charge in [0.15, 0.2) is 16.7 Å². The molecule has 0 amide bonds. The standard InChI is InChI=1S/C22H16N2O3.C19H19N3O3.C17H11N3O3/c25-22(26)16-6-3-5-15(12-16)21-23-18-9-8-17(13-20(18)27-21)24-11-10-14-4-1-2-7-19(14)24;1-21-7-9-22(10-8-21)15-5-6-16-17(12-15)25-18(20-16)13-3-2-4-14(11-13)19(23)24;21-17(22)12-3-1-2-11(8-12)16-19-14-5-4-13(9-15(14)23-16)20-7-6-18-10-20/h1-9,12-13H,10-11H2,(H,25,26);2-6,11-12H,7-10H2,1H3,(H,23,24);1-10H,(H,21,22). The summed E-state index contributed by atoms with van der Waals surface area (Å²) in [5.41, 5.74) is 12.5. The molecule has 372 valence electrons. The molecular weight excluding hydrogens is 953 g/mol. The SMILES string of the molecule is CN1CCN(c2ccc3nc(-c4cccc(C(=O)O)c4)oc3c2)CC1.O=C(O)c1cccc(-c2nc3ccc(-n4ccnc4)cc3o2)c1.O=C(O)c1cccc(-c2nc3ccc(N4CCc5ccccc54)cc3o2)c1. The maximum Gasteiger partial charge on any atom is 0.335 e.